The zero-order chi connectivity index (χ0) is 17.5. The van der Waals surface area contributed by atoms with Crippen LogP contribution in [0.3, 0.4) is 0 Å². The van der Waals surface area contributed by atoms with Crippen LogP contribution in [0.2, 0.25) is 0 Å². The molecule has 0 saturated heterocycles. The molecule has 0 aliphatic rings. The van der Waals surface area contributed by atoms with Crippen molar-refractivity contribution < 1.29 is 18.7 Å². The molecule has 5 nitrogen and oxygen atoms in total. The first-order chi connectivity index (χ1) is 11.6. The van der Waals surface area contributed by atoms with Gasteiger partial charge in [-0.1, -0.05) is 6.07 Å². The minimum atomic E-state index is -0.649. The van der Waals surface area contributed by atoms with E-state index in [9.17, 15) is 9.18 Å². The Morgan fingerprint density at radius 2 is 1.92 bits per heavy atom. The fraction of sp³-hybridized carbons (Fsp3) is 0.333. The van der Waals surface area contributed by atoms with Gasteiger partial charge in [0.15, 0.2) is 17.3 Å². The number of nitrogens with zero attached hydrogens (tertiary/aromatic N) is 1. The lowest BCUT2D eigenvalue weighted by molar-refractivity contribution is 0.0935. The molecule has 2 rings (SSSR count). The summed E-state index contributed by atoms with van der Waals surface area (Å²) in [5.74, 6) is 0.132. The molecule has 24 heavy (non-hydrogen) atoms. The summed E-state index contributed by atoms with van der Waals surface area (Å²) in [6.07, 6.45) is 2.40. The van der Waals surface area contributed by atoms with Crippen LogP contribution in [0, 0.1) is 5.82 Å². The fourth-order valence-corrected chi connectivity index (χ4v) is 2.25. The largest absolute Gasteiger partial charge is 0.490 e. The number of benzene rings is 1. The minimum absolute atomic E-state index is 0.0344. The number of halogens is 1. The van der Waals surface area contributed by atoms with E-state index in [0.29, 0.717) is 24.7 Å². The molecule has 0 bridgehead atoms. The summed E-state index contributed by atoms with van der Waals surface area (Å²) in [6.45, 7) is 6.65. The van der Waals surface area contributed by atoms with E-state index in [1.54, 1.807) is 6.07 Å². The highest BCUT2D eigenvalue weighted by atomic mass is 19.1. The second kappa shape index (κ2) is 8.29. The Morgan fingerprint density at radius 1 is 1.21 bits per heavy atom. The Kier molecular flexibility index (Phi) is 6.12. The van der Waals surface area contributed by atoms with Crippen LogP contribution >= 0.6 is 0 Å². The van der Waals surface area contributed by atoms with E-state index in [1.807, 2.05) is 32.9 Å². The first-order valence-corrected chi connectivity index (χ1v) is 7.86. The van der Waals surface area contributed by atoms with E-state index in [2.05, 4.69) is 10.3 Å². The molecule has 1 N–H and O–H groups in total. The standard InChI is InChI=1S/C18H21FN2O3/c1-4-23-16-7-6-13(10-17(16)24-5-2)12(3)21-18(22)14-8-9-20-11-15(14)19/h6-12H,4-5H2,1-3H3,(H,21,22)/t12-/m1/s1. The highest BCUT2D eigenvalue weighted by Gasteiger charge is 2.16. The predicted octanol–water partition coefficient (Wildman–Crippen LogP) is 3.51. The van der Waals surface area contributed by atoms with E-state index in [-0.39, 0.29) is 11.6 Å². The highest BCUT2D eigenvalue weighted by molar-refractivity contribution is 5.94. The minimum Gasteiger partial charge on any atom is -0.490 e. The normalized spacial score (nSPS) is 11.7. The maximum Gasteiger partial charge on any atom is 0.254 e. The Morgan fingerprint density at radius 3 is 2.58 bits per heavy atom. The molecule has 0 fully saturated rings. The van der Waals surface area contributed by atoms with Crippen molar-refractivity contribution >= 4 is 5.91 Å². The van der Waals surface area contributed by atoms with Gasteiger partial charge < -0.3 is 14.8 Å². The molecule has 0 aliphatic heterocycles. The molecule has 0 unspecified atom stereocenters. The predicted molar refractivity (Wildman–Crippen MR) is 88.9 cm³/mol. The van der Waals surface area contributed by atoms with Crippen LogP contribution in [0.15, 0.2) is 36.7 Å². The van der Waals surface area contributed by atoms with Gasteiger partial charge in [-0.15, -0.1) is 0 Å². The molecular weight excluding hydrogens is 311 g/mol. The number of aromatic nitrogens is 1. The van der Waals surface area contributed by atoms with Gasteiger partial charge in [0.2, 0.25) is 0 Å². The maximum absolute atomic E-state index is 13.6. The number of amides is 1. The van der Waals surface area contributed by atoms with Gasteiger partial charge in [0.05, 0.1) is 31.0 Å². The monoisotopic (exact) mass is 332 g/mol. The van der Waals surface area contributed by atoms with Crippen molar-refractivity contribution in [2.45, 2.75) is 26.8 Å². The molecule has 0 radical (unpaired) electrons. The van der Waals surface area contributed by atoms with E-state index >= 15 is 0 Å². The van der Waals surface area contributed by atoms with Crippen molar-refractivity contribution in [3.05, 3.63) is 53.6 Å². The van der Waals surface area contributed by atoms with Crippen molar-refractivity contribution in [1.82, 2.24) is 10.3 Å². The van der Waals surface area contributed by atoms with Crippen molar-refractivity contribution in [1.29, 1.82) is 0 Å². The molecule has 0 aliphatic carbocycles. The van der Waals surface area contributed by atoms with Crippen LogP contribution in [0.5, 0.6) is 11.5 Å². The van der Waals surface area contributed by atoms with Crippen LogP contribution in [-0.2, 0) is 0 Å². The zero-order valence-electron chi connectivity index (χ0n) is 14.0. The number of carbonyl (C=O) groups is 1. The summed E-state index contributed by atoms with van der Waals surface area (Å²) in [6, 6.07) is 6.50. The van der Waals surface area contributed by atoms with Crippen LogP contribution in [0.1, 0.15) is 42.7 Å². The van der Waals surface area contributed by atoms with Crippen LogP contribution in [0.4, 0.5) is 4.39 Å². The summed E-state index contributed by atoms with van der Waals surface area (Å²) in [4.78, 5) is 15.8. The second-order valence-electron chi connectivity index (χ2n) is 5.12. The van der Waals surface area contributed by atoms with Gasteiger partial charge in [0.25, 0.3) is 5.91 Å². The lowest BCUT2D eigenvalue weighted by Crippen LogP contribution is -2.27. The third-order valence-electron chi connectivity index (χ3n) is 3.43. The maximum atomic E-state index is 13.6. The van der Waals surface area contributed by atoms with Gasteiger partial charge in [0.1, 0.15) is 0 Å². The fourth-order valence-electron chi connectivity index (χ4n) is 2.25. The second-order valence-corrected chi connectivity index (χ2v) is 5.12. The molecule has 1 aromatic carbocycles. The number of nitrogens with one attached hydrogen (secondary N) is 1. The van der Waals surface area contributed by atoms with E-state index in [4.69, 9.17) is 9.47 Å². The number of hydrogen-bond acceptors (Lipinski definition) is 4. The van der Waals surface area contributed by atoms with Crippen LogP contribution < -0.4 is 14.8 Å². The first-order valence-electron chi connectivity index (χ1n) is 7.86. The van der Waals surface area contributed by atoms with E-state index in [1.165, 1.54) is 12.3 Å². The molecular formula is C18H21FN2O3. The number of carbonyl (C=O) groups excluding carboxylic acids is 1. The van der Waals surface area contributed by atoms with E-state index in [0.717, 1.165) is 11.8 Å². The van der Waals surface area contributed by atoms with Gasteiger partial charge in [-0.2, -0.15) is 0 Å². The molecule has 2 aromatic rings. The average molecular weight is 332 g/mol. The van der Waals surface area contributed by atoms with Crippen molar-refractivity contribution in [2.75, 3.05) is 13.2 Å². The third-order valence-corrected chi connectivity index (χ3v) is 3.43. The molecule has 0 spiro atoms. The lowest BCUT2D eigenvalue weighted by atomic mass is 10.1. The SMILES string of the molecule is CCOc1ccc([C@@H](C)NC(=O)c2ccncc2F)cc1OCC. The van der Waals surface area contributed by atoms with Gasteiger partial charge in [0, 0.05) is 6.20 Å². The topological polar surface area (TPSA) is 60.5 Å². The lowest BCUT2D eigenvalue weighted by Gasteiger charge is -2.17. The number of pyridine rings is 1. The number of ether oxygens (including phenoxy) is 2. The Hall–Kier alpha value is -2.63. The van der Waals surface area contributed by atoms with Crippen molar-refractivity contribution in [2.24, 2.45) is 0 Å². The smallest absolute Gasteiger partial charge is 0.254 e. The number of hydrogen-bond donors (Lipinski definition) is 1. The Balaban J connectivity index is 2.17. The van der Waals surface area contributed by atoms with Crippen LogP contribution in [-0.4, -0.2) is 24.1 Å². The third kappa shape index (κ3) is 4.22. The Labute approximate surface area is 140 Å². The van der Waals surface area contributed by atoms with Crippen LogP contribution in [0.25, 0.3) is 0 Å². The molecule has 1 atom stereocenters. The highest BCUT2D eigenvalue weighted by Crippen LogP contribution is 2.30. The summed E-state index contributed by atoms with van der Waals surface area (Å²) in [7, 11) is 0. The number of rotatable bonds is 7. The molecule has 128 valence electrons. The zero-order valence-corrected chi connectivity index (χ0v) is 14.0. The summed E-state index contributed by atoms with van der Waals surface area (Å²) in [5.41, 5.74) is 0.803. The van der Waals surface area contributed by atoms with Gasteiger partial charge in [-0.25, -0.2) is 4.39 Å². The van der Waals surface area contributed by atoms with Gasteiger partial charge in [-0.05, 0) is 44.5 Å². The summed E-state index contributed by atoms with van der Waals surface area (Å²) in [5, 5.41) is 2.77. The quantitative estimate of drug-likeness (QED) is 0.843. The summed E-state index contributed by atoms with van der Waals surface area (Å²) < 4.78 is 24.7. The van der Waals surface area contributed by atoms with Gasteiger partial charge in [-0.3, -0.25) is 9.78 Å². The van der Waals surface area contributed by atoms with Gasteiger partial charge >= 0.3 is 0 Å². The molecule has 6 heteroatoms. The molecule has 1 heterocycles. The molecule has 0 saturated carbocycles. The van der Waals surface area contributed by atoms with Crippen molar-refractivity contribution in [3.8, 4) is 11.5 Å². The van der Waals surface area contributed by atoms with E-state index < -0.39 is 11.7 Å². The molecule has 1 amide bonds. The van der Waals surface area contributed by atoms with Crippen molar-refractivity contribution in [3.63, 3.8) is 0 Å². The Bertz CT molecular complexity index is 706. The average Bonchev–Trinajstić information content (AvgIpc) is 2.57. The first kappa shape index (κ1) is 17.7. The molecule has 1 aromatic heterocycles. The summed E-state index contributed by atoms with van der Waals surface area (Å²) >= 11 is 0.